The van der Waals surface area contributed by atoms with Crippen LogP contribution in [-0.2, 0) is 11.3 Å². The summed E-state index contributed by atoms with van der Waals surface area (Å²) in [6, 6.07) is 12.3. The van der Waals surface area contributed by atoms with Crippen LogP contribution in [0.5, 0.6) is 5.75 Å². The number of methoxy groups -OCH3 is 1. The number of amidine groups is 1. The molecule has 0 aromatic heterocycles. The largest absolute Gasteiger partial charge is 0.497 e. The van der Waals surface area contributed by atoms with E-state index in [1.54, 1.807) is 0 Å². The molecular formula is C21H30F2N4O2. The molecule has 0 fully saturated rings. The first kappa shape index (κ1) is 26.2. The summed E-state index contributed by atoms with van der Waals surface area (Å²) in [5.74, 6) is 4.40. The highest BCUT2D eigenvalue weighted by Crippen LogP contribution is 2.31. The lowest BCUT2D eigenvalue weighted by atomic mass is 9.96. The van der Waals surface area contributed by atoms with Gasteiger partial charge in [-0.1, -0.05) is 44.2 Å². The van der Waals surface area contributed by atoms with Gasteiger partial charge in [0.2, 0.25) is 0 Å². The summed E-state index contributed by atoms with van der Waals surface area (Å²) in [5.41, 5.74) is 8.98. The summed E-state index contributed by atoms with van der Waals surface area (Å²) in [5, 5.41) is 0. The Morgan fingerprint density at radius 1 is 1.17 bits per heavy atom. The van der Waals surface area contributed by atoms with Gasteiger partial charge in [-0.2, -0.15) is 0 Å². The van der Waals surface area contributed by atoms with Gasteiger partial charge in [0.05, 0.1) is 7.11 Å². The Kier molecular flexibility index (Phi) is 13.6. The Labute approximate surface area is 170 Å². The van der Waals surface area contributed by atoms with Gasteiger partial charge < -0.3 is 20.7 Å². The average Bonchev–Trinajstić information content (AvgIpc) is 3.25. The number of nitrogens with one attached hydrogen (secondary N) is 1. The third-order valence-electron chi connectivity index (χ3n) is 3.88. The maximum Gasteiger partial charge on any atom is 0.133 e. The Hall–Kier alpha value is -2.84. The number of halogens is 2. The minimum atomic E-state index is -0.611. The van der Waals surface area contributed by atoms with E-state index in [-0.39, 0.29) is 17.2 Å². The fourth-order valence-electron chi connectivity index (χ4n) is 2.56. The van der Waals surface area contributed by atoms with Gasteiger partial charge in [0.15, 0.2) is 0 Å². The van der Waals surface area contributed by atoms with Crippen molar-refractivity contribution in [2.24, 2.45) is 16.6 Å². The molecule has 0 amide bonds. The van der Waals surface area contributed by atoms with Crippen molar-refractivity contribution in [3.63, 3.8) is 0 Å². The molecule has 0 bridgehead atoms. The Bertz CT molecular complexity index is 720. The molecule has 1 heterocycles. The molecule has 0 saturated carbocycles. The fraction of sp³-hybridized carbons (Fsp3) is 0.333. The molecule has 3 rings (SSSR count). The van der Waals surface area contributed by atoms with E-state index in [1.807, 2.05) is 51.0 Å². The SMILES string of the molecule is C=O.CC.COc1cc(F)c(C2CN=C(NN)C2)c(F)c1.NCc1ccccc1. The molecular weight excluding hydrogens is 378 g/mol. The van der Waals surface area contributed by atoms with Gasteiger partial charge in [-0.05, 0) is 5.56 Å². The van der Waals surface area contributed by atoms with Gasteiger partial charge in [0, 0.05) is 43.1 Å². The van der Waals surface area contributed by atoms with Crippen LogP contribution in [0.15, 0.2) is 47.5 Å². The van der Waals surface area contributed by atoms with Crippen LogP contribution in [-0.4, -0.2) is 26.3 Å². The third kappa shape index (κ3) is 8.37. The van der Waals surface area contributed by atoms with E-state index in [4.69, 9.17) is 21.1 Å². The van der Waals surface area contributed by atoms with Crippen LogP contribution in [0.4, 0.5) is 8.78 Å². The van der Waals surface area contributed by atoms with Crippen LogP contribution in [0.2, 0.25) is 0 Å². The van der Waals surface area contributed by atoms with Crippen molar-refractivity contribution in [1.82, 2.24) is 5.43 Å². The second-order valence-corrected chi connectivity index (χ2v) is 5.53. The molecule has 1 aliphatic heterocycles. The number of carbonyl (C=O) groups excluding carboxylic acids is 1. The summed E-state index contributed by atoms with van der Waals surface area (Å²) in [4.78, 5) is 12.1. The highest BCUT2D eigenvalue weighted by Gasteiger charge is 2.26. The zero-order chi connectivity index (χ0) is 22.2. The number of hydrazine groups is 1. The Balaban J connectivity index is 0.000000547. The number of carbonyl (C=O) groups is 1. The van der Waals surface area contributed by atoms with E-state index in [0.717, 1.165) is 0 Å². The van der Waals surface area contributed by atoms with Crippen molar-refractivity contribution in [3.05, 3.63) is 65.2 Å². The molecule has 0 saturated heterocycles. The predicted molar refractivity (Wildman–Crippen MR) is 113 cm³/mol. The van der Waals surface area contributed by atoms with Crippen LogP contribution >= 0.6 is 0 Å². The first-order valence-corrected chi connectivity index (χ1v) is 9.14. The van der Waals surface area contributed by atoms with Gasteiger partial charge in [0.1, 0.15) is 30.0 Å². The number of aliphatic imine (C=N–C) groups is 1. The Morgan fingerprint density at radius 2 is 1.72 bits per heavy atom. The van der Waals surface area contributed by atoms with Crippen molar-refractivity contribution < 1.29 is 18.3 Å². The highest BCUT2D eigenvalue weighted by molar-refractivity contribution is 5.84. The number of benzene rings is 2. The van der Waals surface area contributed by atoms with E-state index >= 15 is 0 Å². The monoisotopic (exact) mass is 408 g/mol. The summed E-state index contributed by atoms with van der Waals surface area (Å²) in [6.07, 6.45) is 0.413. The van der Waals surface area contributed by atoms with E-state index in [9.17, 15) is 8.78 Å². The standard InChI is InChI=1S/C11H13F2N3O.C7H9N.C2H6.CH2O/c1-17-7-3-8(12)11(9(13)4-7)6-2-10(16-14)15-5-6;8-6-7-4-2-1-3-5-7;2*1-2/h3-4,6H,2,5,14H2,1H3,(H,15,16);1-5H,6,8H2;1-2H3;1H2. The molecule has 1 unspecified atom stereocenters. The number of hydrogen-bond donors (Lipinski definition) is 3. The third-order valence-corrected chi connectivity index (χ3v) is 3.88. The number of ether oxygens (including phenoxy) is 1. The molecule has 0 spiro atoms. The first-order valence-electron chi connectivity index (χ1n) is 9.14. The molecule has 5 N–H and O–H groups in total. The molecule has 29 heavy (non-hydrogen) atoms. The lowest BCUT2D eigenvalue weighted by Crippen LogP contribution is -2.29. The molecule has 1 atom stereocenters. The second-order valence-electron chi connectivity index (χ2n) is 5.53. The molecule has 2 aromatic carbocycles. The van der Waals surface area contributed by atoms with E-state index < -0.39 is 11.6 Å². The Morgan fingerprint density at radius 3 is 2.10 bits per heavy atom. The number of hydrogen-bond acceptors (Lipinski definition) is 6. The van der Waals surface area contributed by atoms with Crippen molar-refractivity contribution in [2.45, 2.75) is 32.7 Å². The van der Waals surface area contributed by atoms with Crippen molar-refractivity contribution >= 4 is 12.6 Å². The molecule has 1 aliphatic rings. The minimum absolute atomic E-state index is 0.0415. The van der Waals surface area contributed by atoms with Crippen LogP contribution in [0.25, 0.3) is 0 Å². The van der Waals surface area contributed by atoms with E-state index in [2.05, 4.69) is 10.4 Å². The molecule has 0 aliphatic carbocycles. The fourth-order valence-corrected chi connectivity index (χ4v) is 2.56. The highest BCUT2D eigenvalue weighted by atomic mass is 19.1. The molecule has 8 heteroatoms. The van der Waals surface area contributed by atoms with E-state index in [0.29, 0.717) is 25.3 Å². The summed E-state index contributed by atoms with van der Waals surface area (Å²) < 4.78 is 32.3. The van der Waals surface area contributed by atoms with Gasteiger partial charge in [-0.25, -0.2) is 14.6 Å². The van der Waals surface area contributed by atoms with Gasteiger partial charge in [-0.3, -0.25) is 4.99 Å². The van der Waals surface area contributed by atoms with Crippen molar-refractivity contribution in [3.8, 4) is 5.75 Å². The predicted octanol–water partition coefficient (Wildman–Crippen LogP) is 3.31. The maximum atomic E-state index is 13.8. The van der Waals surface area contributed by atoms with Gasteiger partial charge >= 0.3 is 0 Å². The summed E-state index contributed by atoms with van der Waals surface area (Å²) in [7, 11) is 1.36. The van der Waals surface area contributed by atoms with E-state index in [1.165, 1.54) is 24.8 Å². The number of nitrogens with two attached hydrogens (primary N) is 2. The average molecular weight is 408 g/mol. The minimum Gasteiger partial charge on any atom is -0.497 e. The maximum absolute atomic E-state index is 13.8. The molecule has 2 aromatic rings. The zero-order valence-corrected chi connectivity index (χ0v) is 17.1. The van der Waals surface area contributed by atoms with Gasteiger partial charge in [0.25, 0.3) is 0 Å². The lowest BCUT2D eigenvalue weighted by molar-refractivity contribution is -0.0979. The smallest absolute Gasteiger partial charge is 0.133 e. The van der Waals surface area contributed by atoms with Crippen LogP contribution < -0.4 is 21.7 Å². The summed E-state index contributed by atoms with van der Waals surface area (Å²) >= 11 is 0. The quantitative estimate of drug-likeness (QED) is 0.534. The second kappa shape index (κ2) is 15.1. The lowest BCUT2D eigenvalue weighted by Gasteiger charge is -2.12. The van der Waals surface area contributed by atoms with Gasteiger partial charge in [-0.15, -0.1) is 0 Å². The van der Waals surface area contributed by atoms with Crippen LogP contribution in [0, 0.1) is 11.6 Å². The molecule has 0 radical (unpaired) electrons. The van der Waals surface area contributed by atoms with Crippen molar-refractivity contribution in [2.75, 3.05) is 13.7 Å². The number of rotatable bonds is 3. The topological polar surface area (TPSA) is 103 Å². The zero-order valence-electron chi connectivity index (χ0n) is 17.1. The normalized spacial score (nSPS) is 14.0. The molecule has 6 nitrogen and oxygen atoms in total. The first-order chi connectivity index (χ1) is 14.1. The molecule has 160 valence electrons. The van der Waals surface area contributed by atoms with Crippen LogP contribution in [0.3, 0.4) is 0 Å². The number of nitrogens with zero attached hydrogens (tertiary/aromatic N) is 1. The van der Waals surface area contributed by atoms with Crippen LogP contribution in [0.1, 0.15) is 37.3 Å². The summed E-state index contributed by atoms with van der Waals surface area (Å²) in [6.45, 7) is 6.97. The van der Waals surface area contributed by atoms with Crippen molar-refractivity contribution in [1.29, 1.82) is 0 Å².